The SMILES string of the molecule is CCc1c(O)[n+](CC)c2sccn2c1=O. The van der Waals surface area contributed by atoms with Crippen LogP contribution in [0, 0.1) is 0 Å². The summed E-state index contributed by atoms with van der Waals surface area (Å²) < 4.78 is 3.34. The fourth-order valence-electron chi connectivity index (χ4n) is 1.71. The molecule has 0 fully saturated rings. The monoisotopic (exact) mass is 225 g/mol. The van der Waals surface area contributed by atoms with Gasteiger partial charge in [-0.25, -0.2) is 4.79 Å². The Labute approximate surface area is 91.0 Å². The first kappa shape index (κ1) is 10.2. The van der Waals surface area contributed by atoms with Gasteiger partial charge in [-0.05, 0) is 13.3 Å². The van der Waals surface area contributed by atoms with Gasteiger partial charge in [0.25, 0.3) is 5.88 Å². The molecular formula is C10H13N2O2S+. The topological polar surface area (TPSA) is 45.6 Å². The van der Waals surface area contributed by atoms with Gasteiger partial charge in [-0.15, -0.1) is 0 Å². The van der Waals surface area contributed by atoms with E-state index in [0.717, 1.165) is 4.96 Å². The molecule has 1 N–H and O–H groups in total. The lowest BCUT2D eigenvalue weighted by molar-refractivity contribution is -0.675. The zero-order valence-electron chi connectivity index (χ0n) is 8.73. The first-order valence-corrected chi connectivity index (χ1v) is 5.82. The second-order valence-corrected chi connectivity index (χ2v) is 4.13. The van der Waals surface area contributed by atoms with Crippen LogP contribution in [0.5, 0.6) is 5.88 Å². The minimum Gasteiger partial charge on any atom is -0.477 e. The molecule has 0 saturated carbocycles. The van der Waals surface area contributed by atoms with Crippen molar-refractivity contribution in [1.29, 1.82) is 0 Å². The van der Waals surface area contributed by atoms with Gasteiger partial charge in [-0.1, -0.05) is 18.3 Å². The summed E-state index contributed by atoms with van der Waals surface area (Å²) in [6, 6.07) is 0. The summed E-state index contributed by atoms with van der Waals surface area (Å²) in [6.07, 6.45) is 2.29. The van der Waals surface area contributed by atoms with Gasteiger partial charge >= 0.3 is 10.5 Å². The van der Waals surface area contributed by atoms with Gasteiger partial charge in [-0.3, -0.25) is 0 Å². The van der Waals surface area contributed by atoms with Crippen molar-refractivity contribution in [3.8, 4) is 5.88 Å². The highest BCUT2D eigenvalue weighted by Crippen LogP contribution is 2.13. The standard InChI is InChI=1S/C10H12N2O2S/c1-3-7-8(13)11(4-2)10-12(9(7)14)5-6-15-10/h5-6H,3-4H2,1-2H3/p+1. The van der Waals surface area contributed by atoms with Crippen LogP contribution in [0.1, 0.15) is 19.4 Å². The molecule has 0 radical (unpaired) electrons. The molecule has 2 heterocycles. The summed E-state index contributed by atoms with van der Waals surface area (Å²) in [5.41, 5.74) is 0.365. The third-order valence-electron chi connectivity index (χ3n) is 2.49. The van der Waals surface area contributed by atoms with Gasteiger partial charge in [0.2, 0.25) is 0 Å². The van der Waals surface area contributed by atoms with Crippen molar-refractivity contribution in [1.82, 2.24) is 4.40 Å². The Kier molecular flexibility index (Phi) is 2.48. The summed E-state index contributed by atoms with van der Waals surface area (Å²) >= 11 is 1.45. The van der Waals surface area contributed by atoms with Gasteiger partial charge in [0.15, 0.2) is 0 Å². The van der Waals surface area contributed by atoms with Crippen molar-refractivity contribution in [2.24, 2.45) is 0 Å². The van der Waals surface area contributed by atoms with Crippen molar-refractivity contribution >= 4 is 16.3 Å². The minimum absolute atomic E-state index is 0.104. The Hall–Kier alpha value is -1.36. The van der Waals surface area contributed by atoms with Gasteiger partial charge in [0, 0.05) is 5.38 Å². The van der Waals surface area contributed by atoms with E-state index in [0.29, 0.717) is 18.5 Å². The molecule has 2 aromatic heterocycles. The Morgan fingerprint density at radius 2 is 2.27 bits per heavy atom. The van der Waals surface area contributed by atoms with E-state index in [-0.39, 0.29) is 11.4 Å². The number of hydrogen-bond donors (Lipinski definition) is 1. The Morgan fingerprint density at radius 3 is 2.87 bits per heavy atom. The Bertz CT molecular complexity index is 556. The molecule has 0 saturated heterocycles. The molecule has 0 aliphatic heterocycles. The Balaban J connectivity index is 2.97. The molecule has 2 aromatic rings. The molecule has 0 amide bonds. The van der Waals surface area contributed by atoms with Crippen LogP contribution in [-0.4, -0.2) is 9.51 Å². The number of aryl methyl sites for hydroxylation is 1. The molecule has 0 unspecified atom stereocenters. The number of hydrogen-bond acceptors (Lipinski definition) is 3. The van der Waals surface area contributed by atoms with Crippen molar-refractivity contribution in [2.75, 3.05) is 0 Å². The van der Waals surface area contributed by atoms with Crippen LogP contribution in [0.15, 0.2) is 16.4 Å². The van der Waals surface area contributed by atoms with Gasteiger partial charge in [0.05, 0.1) is 6.54 Å². The average Bonchev–Trinajstić information content (AvgIpc) is 2.68. The van der Waals surface area contributed by atoms with Crippen molar-refractivity contribution < 1.29 is 9.67 Å². The van der Waals surface area contributed by atoms with E-state index < -0.39 is 0 Å². The van der Waals surface area contributed by atoms with E-state index >= 15 is 0 Å². The van der Waals surface area contributed by atoms with Crippen LogP contribution < -0.4 is 10.1 Å². The molecule has 15 heavy (non-hydrogen) atoms. The van der Waals surface area contributed by atoms with Crippen molar-refractivity contribution in [3.05, 3.63) is 27.5 Å². The first-order chi connectivity index (χ1) is 7.20. The third kappa shape index (κ3) is 1.34. The molecule has 4 nitrogen and oxygen atoms in total. The first-order valence-electron chi connectivity index (χ1n) is 4.94. The molecule has 5 heteroatoms. The zero-order chi connectivity index (χ0) is 11.0. The predicted molar refractivity (Wildman–Crippen MR) is 58.5 cm³/mol. The summed E-state index contributed by atoms with van der Waals surface area (Å²) in [7, 11) is 0. The quantitative estimate of drug-likeness (QED) is 0.773. The lowest BCUT2D eigenvalue weighted by Gasteiger charge is -2.03. The fraction of sp³-hybridized carbons (Fsp3) is 0.400. The maximum atomic E-state index is 11.9. The number of nitrogens with zero attached hydrogens (tertiary/aromatic N) is 2. The molecule has 0 atom stereocenters. The lowest BCUT2D eigenvalue weighted by Crippen LogP contribution is -2.39. The summed E-state index contributed by atoms with van der Waals surface area (Å²) in [6.45, 7) is 4.47. The molecular weight excluding hydrogens is 212 g/mol. The second-order valence-electron chi connectivity index (χ2n) is 3.26. The van der Waals surface area contributed by atoms with Crippen molar-refractivity contribution in [3.63, 3.8) is 0 Å². The predicted octanol–water partition coefficient (Wildman–Crippen LogP) is 0.936. The molecule has 0 aliphatic carbocycles. The van der Waals surface area contributed by atoms with E-state index in [9.17, 15) is 9.90 Å². The molecule has 2 rings (SSSR count). The normalized spacial score (nSPS) is 11.1. The van der Waals surface area contributed by atoms with E-state index in [1.54, 1.807) is 15.2 Å². The van der Waals surface area contributed by atoms with Crippen LogP contribution in [0.4, 0.5) is 0 Å². The highest BCUT2D eigenvalue weighted by Gasteiger charge is 2.22. The van der Waals surface area contributed by atoms with Crippen LogP contribution in [0.2, 0.25) is 0 Å². The van der Waals surface area contributed by atoms with E-state index in [1.807, 2.05) is 19.2 Å². The molecule has 80 valence electrons. The second kappa shape index (κ2) is 3.66. The molecule has 0 bridgehead atoms. The number of fused-ring (bicyclic) bond motifs is 1. The van der Waals surface area contributed by atoms with Crippen LogP contribution >= 0.6 is 11.3 Å². The number of aromatic hydroxyl groups is 1. The highest BCUT2D eigenvalue weighted by atomic mass is 32.1. The van der Waals surface area contributed by atoms with Crippen LogP contribution in [-0.2, 0) is 13.0 Å². The van der Waals surface area contributed by atoms with Gasteiger partial charge < -0.3 is 5.11 Å². The smallest absolute Gasteiger partial charge is 0.351 e. The lowest BCUT2D eigenvalue weighted by atomic mass is 10.2. The van der Waals surface area contributed by atoms with Gasteiger partial charge in [0.1, 0.15) is 11.8 Å². The number of thiazole rings is 1. The van der Waals surface area contributed by atoms with Crippen LogP contribution in [0.3, 0.4) is 0 Å². The van der Waals surface area contributed by atoms with Crippen molar-refractivity contribution in [2.45, 2.75) is 26.8 Å². The largest absolute Gasteiger partial charge is 0.477 e. The summed E-state index contributed by atoms with van der Waals surface area (Å²) in [5, 5.41) is 11.8. The highest BCUT2D eigenvalue weighted by molar-refractivity contribution is 7.14. The molecule has 0 aromatic carbocycles. The Morgan fingerprint density at radius 1 is 1.53 bits per heavy atom. The maximum absolute atomic E-state index is 11.9. The summed E-state index contributed by atoms with van der Waals surface area (Å²) in [4.78, 5) is 12.7. The fourth-order valence-corrected chi connectivity index (χ4v) is 2.61. The third-order valence-corrected chi connectivity index (χ3v) is 3.38. The maximum Gasteiger partial charge on any atom is 0.351 e. The van der Waals surface area contributed by atoms with Crippen LogP contribution in [0.25, 0.3) is 4.96 Å². The number of rotatable bonds is 2. The number of aromatic nitrogens is 2. The molecule has 0 spiro atoms. The van der Waals surface area contributed by atoms with E-state index in [1.165, 1.54) is 11.3 Å². The summed E-state index contributed by atoms with van der Waals surface area (Å²) in [5.74, 6) is 0.104. The zero-order valence-corrected chi connectivity index (χ0v) is 9.54. The molecule has 0 aliphatic rings. The average molecular weight is 225 g/mol. The minimum atomic E-state index is -0.115. The van der Waals surface area contributed by atoms with Gasteiger partial charge in [-0.2, -0.15) is 8.97 Å². The van der Waals surface area contributed by atoms with E-state index in [4.69, 9.17) is 0 Å². The van der Waals surface area contributed by atoms with E-state index in [2.05, 4.69) is 0 Å².